The van der Waals surface area contributed by atoms with Gasteiger partial charge in [-0.25, -0.2) is 9.07 Å². The minimum Gasteiger partial charge on any atom is -0.348 e. The van der Waals surface area contributed by atoms with E-state index in [0.717, 1.165) is 16.9 Å². The average Bonchev–Trinajstić information content (AvgIpc) is 2.94. The molecule has 0 fully saturated rings. The summed E-state index contributed by atoms with van der Waals surface area (Å²) in [6.45, 7) is 2.23. The van der Waals surface area contributed by atoms with Crippen LogP contribution in [0.25, 0.3) is 5.69 Å². The number of carbonyl (C=O) groups excluding carboxylic acids is 1. The van der Waals surface area contributed by atoms with Gasteiger partial charge in [-0.3, -0.25) is 4.79 Å². The van der Waals surface area contributed by atoms with Crippen LogP contribution in [0.3, 0.4) is 0 Å². The zero-order valence-electron chi connectivity index (χ0n) is 12.7. The van der Waals surface area contributed by atoms with Crippen LogP contribution in [0.15, 0.2) is 60.8 Å². The molecule has 0 spiro atoms. The number of hydrogen-bond donors (Lipinski definition) is 1. The van der Waals surface area contributed by atoms with Gasteiger partial charge in [0.15, 0.2) is 0 Å². The lowest BCUT2D eigenvalue weighted by Crippen LogP contribution is -2.23. The SMILES string of the molecule is Cc1nn(-c2ccccc2)cc1CNC(=O)c1cccc(F)c1. The first kappa shape index (κ1) is 15.0. The summed E-state index contributed by atoms with van der Waals surface area (Å²) < 4.78 is 14.9. The molecule has 0 saturated carbocycles. The molecule has 0 radical (unpaired) electrons. The fraction of sp³-hybridized carbons (Fsp3) is 0.111. The first-order valence-electron chi connectivity index (χ1n) is 7.28. The topological polar surface area (TPSA) is 46.9 Å². The molecule has 4 nitrogen and oxygen atoms in total. The van der Waals surface area contributed by atoms with Crippen LogP contribution in [0.1, 0.15) is 21.6 Å². The highest BCUT2D eigenvalue weighted by Crippen LogP contribution is 2.12. The van der Waals surface area contributed by atoms with Crippen molar-refractivity contribution in [3.63, 3.8) is 0 Å². The molecule has 0 aliphatic carbocycles. The van der Waals surface area contributed by atoms with E-state index in [1.165, 1.54) is 18.2 Å². The molecular formula is C18H16FN3O. The number of nitrogens with zero attached hydrogens (tertiary/aromatic N) is 2. The molecule has 2 aromatic carbocycles. The van der Waals surface area contributed by atoms with E-state index in [1.54, 1.807) is 10.7 Å². The first-order chi connectivity index (χ1) is 11.1. The Morgan fingerprint density at radius 1 is 1.17 bits per heavy atom. The van der Waals surface area contributed by atoms with Crippen LogP contribution >= 0.6 is 0 Å². The molecule has 116 valence electrons. The molecule has 0 bridgehead atoms. The van der Waals surface area contributed by atoms with Gasteiger partial charge in [-0.15, -0.1) is 0 Å². The Labute approximate surface area is 133 Å². The second-order valence-corrected chi connectivity index (χ2v) is 5.21. The number of rotatable bonds is 4. The van der Waals surface area contributed by atoms with Gasteiger partial charge in [0.1, 0.15) is 5.82 Å². The van der Waals surface area contributed by atoms with Crippen molar-refractivity contribution in [3.05, 3.63) is 83.4 Å². The number of benzene rings is 2. The number of aromatic nitrogens is 2. The van der Waals surface area contributed by atoms with Gasteiger partial charge < -0.3 is 5.32 Å². The van der Waals surface area contributed by atoms with Crippen LogP contribution in [0.4, 0.5) is 4.39 Å². The Kier molecular flexibility index (Phi) is 4.19. The second kappa shape index (κ2) is 6.44. The monoisotopic (exact) mass is 309 g/mol. The standard InChI is InChI=1S/C18H16FN3O/c1-13-15(12-22(21-13)17-8-3-2-4-9-17)11-20-18(23)14-6-5-7-16(19)10-14/h2-10,12H,11H2,1H3,(H,20,23). The smallest absolute Gasteiger partial charge is 0.251 e. The molecule has 3 aromatic rings. The highest BCUT2D eigenvalue weighted by Gasteiger charge is 2.10. The van der Waals surface area contributed by atoms with Gasteiger partial charge in [-0.2, -0.15) is 5.10 Å². The zero-order valence-corrected chi connectivity index (χ0v) is 12.7. The van der Waals surface area contributed by atoms with Crippen molar-refractivity contribution >= 4 is 5.91 Å². The number of hydrogen-bond acceptors (Lipinski definition) is 2. The largest absolute Gasteiger partial charge is 0.348 e. The van der Waals surface area contributed by atoms with E-state index < -0.39 is 5.82 Å². The third-order valence-electron chi connectivity index (χ3n) is 3.55. The van der Waals surface area contributed by atoms with Crippen LogP contribution < -0.4 is 5.32 Å². The maximum atomic E-state index is 13.2. The zero-order chi connectivity index (χ0) is 16.2. The summed E-state index contributed by atoms with van der Waals surface area (Å²) >= 11 is 0. The summed E-state index contributed by atoms with van der Waals surface area (Å²) in [4.78, 5) is 12.1. The van der Waals surface area contributed by atoms with Crippen molar-refractivity contribution < 1.29 is 9.18 Å². The lowest BCUT2D eigenvalue weighted by Gasteiger charge is -2.04. The number of nitrogens with one attached hydrogen (secondary N) is 1. The van der Waals surface area contributed by atoms with Gasteiger partial charge in [-0.1, -0.05) is 24.3 Å². The van der Waals surface area contributed by atoms with E-state index in [-0.39, 0.29) is 5.91 Å². The normalized spacial score (nSPS) is 10.5. The summed E-state index contributed by atoms with van der Waals surface area (Å²) in [5, 5.41) is 7.24. The molecule has 1 aromatic heterocycles. The van der Waals surface area contributed by atoms with Gasteiger partial charge in [0.05, 0.1) is 11.4 Å². The summed E-state index contributed by atoms with van der Waals surface area (Å²) in [5.41, 5.74) is 3.02. The fourth-order valence-electron chi connectivity index (χ4n) is 2.29. The average molecular weight is 309 g/mol. The molecule has 0 atom stereocenters. The summed E-state index contributed by atoms with van der Waals surface area (Å²) in [7, 11) is 0. The van der Waals surface area contributed by atoms with E-state index in [4.69, 9.17) is 0 Å². The Balaban J connectivity index is 1.71. The van der Waals surface area contributed by atoms with Gasteiger partial charge in [0, 0.05) is 23.9 Å². The summed E-state index contributed by atoms with van der Waals surface area (Å²) in [6, 6.07) is 15.4. The number of halogens is 1. The molecule has 0 saturated heterocycles. The number of carbonyl (C=O) groups is 1. The minimum atomic E-state index is -0.425. The van der Waals surface area contributed by atoms with Gasteiger partial charge in [0.2, 0.25) is 0 Å². The van der Waals surface area contributed by atoms with Crippen molar-refractivity contribution in [1.29, 1.82) is 0 Å². The fourth-order valence-corrected chi connectivity index (χ4v) is 2.29. The van der Waals surface area contributed by atoms with Crippen LogP contribution in [0.2, 0.25) is 0 Å². The Bertz CT molecular complexity index is 827. The molecular weight excluding hydrogens is 293 g/mol. The van der Waals surface area contributed by atoms with Crippen molar-refractivity contribution in [1.82, 2.24) is 15.1 Å². The van der Waals surface area contributed by atoms with Crippen molar-refractivity contribution in [2.45, 2.75) is 13.5 Å². The Morgan fingerprint density at radius 2 is 1.96 bits per heavy atom. The predicted molar refractivity (Wildman–Crippen MR) is 85.9 cm³/mol. The van der Waals surface area contributed by atoms with Crippen molar-refractivity contribution in [2.75, 3.05) is 0 Å². The highest BCUT2D eigenvalue weighted by molar-refractivity contribution is 5.94. The minimum absolute atomic E-state index is 0.304. The molecule has 0 unspecified atom stereocenters. The maximum absolute atomic E-state index is 13.2. The molecule has 1 N–H and O–H groups in total. The third-order valence-corrected chi connectivity index (χ3v) is 3.55. The summed E-state index contributed by atoms with van der Waals surface area (Å²) in [5.74, 6) is -0.734. The quantitative estimate of drug-likeness (QED) is 0.804. The van der Waals surface area contributed by atoms with E-state index in [2.05, 4.69) is 10.4 Å². The molecule has 23 heavy (non-hydrogen) atoms. The third kappa shape index (κ3) is 3.45. The second-order valence-electron chi connectivity index (χ2n) is 5.21. The van der Waals surface area contributed by atoms with Gasteiger partial charge in [-0.05, 0) is 37.3 Å². The molecule has 1 heterocycles. The van der Waals surface area contributed by atoms with E-state index >= 15 is 0 Å². The lowest BCUT2D eigenvalue weighted by molar-refractivity contribution is 0.0950. The van der Waals surface area contributed by atoms with Crippen molar-refractivity contribution in [2.24, 2.45) is 0 Å². The van der Waals surface area contributed by atoms with Gasteiger partial charge in [0.25, 0.3) is 5.91 Å². The van der Waals surface area contributed by atoms with E-state index in [1.807, 2.05) is 43.5 Å². The van der Waals surface area contributed by atoms with E-state index in [0.29, 0.717) is 12.1 Å². The number of amides is 1. The van der Waals surface area contributed by atoms with Crippen LogP contribution in [0.5, 0.6) is 0 Å². The summed E-state index contributed by atoms with van der Waals surface area (Å²) in [6.07, 6.45) is 1.89. The Hall–Kier alpha value is -2.95. The predicted octanol–water partition coefficient (Wildman–Crippen LogP) is 3.25. The first-order valence-corrected chi connectivity index (χ1v) is 7.28. The van der Waals surface area contributed by atoms with Crippen LogP contribution in [0, 0.1) is 12.7 Å². The molecule has 0 aliphatic rings. The lowest BCUT2D eigenvalue weighted by atomic mass is 10.2. The molecule has 5 heteroatoms. The number of aryl methyl sites for hydroxylation is 1. The Morgan fingerprint density at radius 3 is 2.70 bits per heavy atom. The molecule has 0 aliphatic heterocycles. The molecule has 3 rings (SSSR count). The van der Waals surface area contributed by atoms with Crippen molar-refractivity contribution in [3.8, 4) is 5.69 Å². The number of para-hydroxylation sites is 1. The van der Waals surface area contributed by atoms with E-state index in [9.17, 15) is 9.18 Å². The van der Waals surface area contributed by atoms with Crippen LogP contribution in [-0.4, -0.2) is 15.7 Å². The molecule has 1 amide bonds. The highest BCUT2D eigenvalue weighted by atomic mass is 19.1. The van der Waals surface area contributed by atoms with Crippen LogP contribution in [-0.2, 0) is 6.54 Å². The maximum Gasteiger partial charge on any atom is 0.251 e. The van der Waals surface area contributed by atoms with Gasteiger partial charge >= 0.3 is 0 Å².